The summed E-state index contributed by atoms with van der Waals surface area (Å²) in [6.07, 6.45) is 0. The van der Waals surface area contributed by atoms with E-state index >= 15 is 0 Å². The molecule has 3 amide bonds. The second-order valence-corrected chi connectivity index (χ2v) is 6.62. The fraction of sp³-hybridized carbons (Fsp3) is 0.286. The van der Waals surface area contributed by atoms with Crippen LogP contribution in [0.1, 0.15) is 32.3 Å². The summed E-state index contributed by atoms with van der Waals surface area (Å²) < 4.78 is 4.96. The van der Waals surface area contributed by atoms with Gasteiger partial charge in [-0.15, -0.1) is 0 Å². The Morgan fingerprint density at radius 1 is 0.857 bits per heavy atom. The van der Waals surface area contributed by atoms with Crippen molar-refractivity contribution in [1.29, 1.82) is 0 Å². The lowest BCUT2D eigenvalue weighted by Crippen LogP contribution is -2.42. The minimum absolute atomic E-state index is 0.402. The maximum absolute atomic E-state index is 12.0. The van der Waals surface area contributed by atoms with Gasteiger partial charge in [0.05, 0.1) is 0 Å². The highest BCUT2D eigenvalue weighted by atomic mass is 16.5. The first kappa shape index (κ1) is 21.0. The first-order chi connectivity index (χ1) is 13.3. The van der Waals surface area contributed by atoms with Gasteiger partial charge in [0.2, 0.25) is 0 Å². The topological polar surface area (TPSA) is 96.5 Å². The van der Waals surface area contributed by atoms with E-state index in [4.69, 9.17) is 4.74 Å². The van der Waals surface area contributed by atoms with E-state index in [0.717, 1.165) is 5.56 Å². The van der Waals surface area contributed by atoms with Gasteiger partial charge in [0, 0.05) is 11.4 Å². The fourth-order valence-electron chi connectivity index (χ4n) is 2.35. The van der Waals surface area contributed by atoms with Crippen LogP contribution in [0.15, 0.2) is 54.6 Å². The third kappa shape index (κ3) is 6.75. The Morgan fingerprint density at radius 2 is 1.46 bits per heavy atom. The van der Waals surface area contributed by atoms with Crippen LogP contribution in [-0.4, -0.2) is 30.6 Å². The van der Waals surface area contributed by atoms with E-state index < -0.39 is 30.6 Å². The monoisotopic (exact) mass is 383 g/mol. The SMILES string of the molecule is CC(C)c1ccc(NC(=O)COC(=O)[C@H](C)NC(=O)Nc2ccccc2)cc1. The van der Waals surface area contributed by atoms with E-state index in [1.807, 2.05) is 18.2 Å². The first-order valence-electron chi connectivity index (χ1n) is 9.04. The van der Waals surface area contributed by atoms with Crippen LogP contribution in [0.2, 0.25) is 0 Å². The summed E-state index contributed by atoms with van der Waals surface area (Å²) in [5.41, 5.74) is 2.39. The Labute approximate surface area is 164 Å². The summed E-state index contributed by atoms with van der Waals surface area (Å²) in [4.78, 5) is 35.8. The van der Waals surface area contributed by atoms with E-state index in [0.29, 0.717) is 17.3 Å². The molecule has 7 nitrogen and oxygen atoms in total. The van der Waals surface area contributed by atoms with E-state index in [9.17, 15) is 14.4 Å². The number of hydrogen-bond donors (Lipinski definition) is 3. The number of nitrogens with one attached hydrogen (secondary N) is 3. The third-order valence-corrected chi connectivity index (χ3v) is 3.94. The van der Waals surface area contributed by atoms with Crippen LogP contribution in [0.3, 0.4) is 0 Å². The first-order valence-corrected chi connectivity index (χ1v) is 9.04. The molecule has 0 spiro atoms. The van der Waals surface area contributed by atoms with Gasteiger partial charge in [-0.1, -0.05) is 44.2 Å². The molecule has 0 aliphatic heterocycles. The van der Waals surface area contributed by atoms with Crippen molar-refractivity contribution in [3.8, 4) is 0 Å². The molecule has 0 radical (unpaired) electrons. The highest BCUT2D eigenvalue weighted by molar-refractivity contribution is 5.94. The number of ether oxygens (including phenoxy) is 1. The number of esters is 1. The number of carbonyl (C=O) groups excluding carboxylic acids is 3. The molecule has 0 aliphatic carbocycles. The quantitative estimate of drug-likeness (QED) is 0.638. The Kier molecular flexibility index (Phi) is 7.56. The van der Waals surface area contributed by atoms with Gasteiger partial charge in [-0.2, -0.15) is 0 Å². The van der Waals surface area contributed by atoms with Gasteiger partial charge in [-0.3, -0.25) is 4.79 Å². The lowest BCUT2D eigenvalue weighted by molar-refractivity contribution is -0.148. The summed E-state index contributed by atoms with van der Waals surface area (Å²) in [5.74, 6) is -0.751. The Morgan fingerprint density at radius 3 is 2.07 bits per heavy atom. The van der Waals surface area contributed by atoms with Gasteiger partial charge < -0.3 is 20.7 Å². The zero-order valence-corrected chi connectivity index (χ0v) is 16.2. The Hall–Kier alpha value is -3.35. The van der Waals surface area contributed by atoms with Crippen molar-refractivity contribution in [2.45, 2.75) is 32.7 Å². The fourth-order valence-corrected chi connectivity index (χ4v) is 2.35. The van der Waals surface area contributed by atoms with E-state index in [-0.39, 0.29) is 0 Å². The lowest BCUT2D eigenvalue weighted by atomic mass is 10.0. The zero-order chi connectivity index (χ0) is 20.5. The molecule has 0 bridgehead atoms. The molecule has 0 heterocycles. The molecule has 3 N–H and O–H groups in total. The van der Waals surface area contributed by atoms with E-state index in [1.54, 1.807) is 36.4 Å². The average molecular weight is 383 g/mol. The molecule has 0 aliphatic rings. The van der Waals surface area contributed by atoms with Crippen LogP contribution in [-0.2, 0) is 14.3 Å². The molecule has 2 rings (SSSR count). The van der Waals surface area contributed by atoms with Crippen LogP contribution >= 0.6 is 0 Å². The molecular formula is C21H25N3O4. The van der Waals surface area contributed by atoms with Gasteiger partial charge >= 0.3 is 12.0 Å². The number of rotatable bonds is 7. The Bertz CT molecular complexity index is 804. The van der Waals surface area contributed by atoms with Crippen molar-refractivity contribution in [2.24, 2.45) is 0 Å². The lowest BCUT2D eigenvalue weighted by Gasteiger charge is -2.14. The van der Waals surface area contributed by atoms with Crippen molar-refractivity contribution in [3.63, 3.8) is 0 Å². The summed E-state index contributed by atoms with van der Waals surface area (Å²) in [7, 11) is 0. The van der Waals surface area contributed by atoms with Gasteiger partial charge in [-0.05, 0) is 42.7 Å². The molecule has 7 heteroatoms. The van der Waals surface area contributed by atoms with Crippen molar-refractivity contribution >= 4 is 29.3 Å². The van der Waals surface area contributed by atoms with Crippen molar-refractivity contribution in [3.05, 3.63) is 60.2 Å². The highest BCUT2D eigenvalue weighted by Gasteiger charge is 2.18. The standard InChI is InChI=1S/C21H25N3O4/c1-14(2)16-9-11-18(12-10-16)23-19(25)13-28-20(26)15(3)22-21(27)24-17-7-5-4-6-8-17/h4-12,14-15H,13H2,1-3H3,(H,23,25)(H2,22,24,27)/t15-/m0/s1. The summed E-state index contributed by atoms with van der Waals surface area (Å²) in [6.45, 7) is 5.22. The molecule has 0 aromatic heterocycles. The van der Waals surface area contributed by atoms with Crippen molar-refractivity contribution in [1.82, 2.24) is 5.32 Å². The smallest absolute Gasteiger partial charge is 0.328 e. The molecule has 0 saturated carbocycles. The van der Waals surface area contributed by atoms with Gasteiger partial charge in [0.15, 0.2) is 6.61 Å². The molecule has 0 fully saturated rings. The summed E-state index contributed by atoms with van der Waals surface area (Å²) in [6, 6.07) is 14.9. The molecule has 0 saturated heterocycles. The second-order valence-electron chi connectivity index (χ2n) is 6.62. The number of hydrogen-bond acceptors (Lipinski definition) is 4. The molecule has 148 valence electrons. The maximum atomic E-state index is 12.0. The number of benzene rings is 2. The van der Waals surface area contributed by atoms with Crippen LogP contribution < -0.4 is 16.0 Å². The van der Waals surface area contributed by atoms with Crippen LogP contribution in [0, 0.1) is 0 Å². The summed E-state index contributed by atoms with van der Waals surface area (Å²) >= 11 is 0. The molecule has 28 heavy (non-hydrogen) atoms. The number of para-hydroxylation sites is 1. The minimum Gasteiger partial charge on any atom is -0.454 e. The van der Waals surface area contributed by atoms with Crippen LogP contribution in [0.5, 0.6) is 0 Å². The normalized spacial score (nSPS) is 11.4. The maximum Gasteiger partial charge on any atom is 0.328 e. The van der Waals surface area contributed by atoms with E-state index in [1.165, 1.54) is 6.92 Å². The van der Waals surface area contributed by atoms with Crippen molar-refractivity contribution in [2.75, 3.05) is 17.2 Å². The number of carbonyl (C=O) groups is 3. The van der Waals surface area contributed by atoms with Gasteiger partial charge in [0.25, 0.3) is 5.91 Å². The van der Waals surface area contributed by atoms with Crippen LogP contribution in [0.25, 0.3) is 0 Å². The molecule has 2 aromatic rings. The largest absolute Gasteiger partial charge is 0.454 e. The second kappa shape index (κ2) is 10.1. The Balaban J connectivity index is 1.74. The number of anilines is 2. The predicted octanol–water partition coefficient (Wildman–Crippen LogP) is 3.50. The number of urea groups is 1. The third-order valence-electron chi connectivity index (χ3n) is 3.94. The molecule has 0 unspecified atom stereocenters. The molecule has 2 aromatic carbocycles. The predicted molar refractivity (Wildman–Crippen MR) is 108 cm³/mol. The van der Waals surface area contributed by atoms with Crippen molar-refractivity contribution < 1.29 is 19.1 Å². The zero-order valence-electron chi connectivity index (χ0n) is 16.2. The number of amides is 3. The van der Waals surface area contributed by atoms with Gasteiger partial charge in [-0.25, -0.2) is 9.59 Å². The average Bonchev–Trinajstić information content (AvgIpc) is 2.67. The molecular weight excluding hydrogens is 358 g/mol. The highest BCUT2D eigenvalue weighted by Crippen LogP contribution is 2.17. The molecule has 1 atom stereocenters. The van der Waals surface area contributed by atoms with E-state index in [2.05, 4.69) is 29.8 Å². The van der Waals surface area contributed by atoms with Crippen LogP contribution in [0.4, 0.5) is 16.2 Å². The summed E-state index contributed by atoms with van der Waals surface area (Å²) in [5, 5.41) is 7.72. The van der Waals surface area contributed by atoms with Gasteiger partial charge in [0.1, 0.15) is 6.04 Å². The minimum atomic E-state index is -0.901.